The van der Waals surface area contributed by atoms with Crippen molar-refractivity contribution >= 4 is 5.97 Å². The SMILES string of the molecule is Cc1ccc(OC(=O)CC2CC3CC2C2C4C=CC(C4)C32)cc1C. The van der Waals surface area contributed by atoms with E-state index in [1.54, 1.807) is 0 Å². The fraction of sp³-hybridized carbons (Fsp3) is 0.591. The van der Waals surface area contributed by atoms with E-state index in [9.17, 15) is 4.79 Å². The van der Waals surface area contributed by atoms with Gasteiger partial charge in [-0.1, -0.05) is 18.2 Å². The first kappa shape index (κ1) is 14.7. The van der Waals surface area contributed by atoms with Gasteiger partial charge in [0.05, 0.1) is 0 Å². The molecule has 5 rings (SSSR count). The smallest absolute Gasteiger partial charge is 0.311 e. The van der Waals surface area contributed by atoms with E-state index in [4.69, 9.17) is 4.74 Å². The number of hydrogen-bond acceptors (Lipinski definition) is 2. The van der Waals surface area contributed by atoms with Crippen LogP contribution in [0.15, 0.2) is 30.4 Å². The van der Waals surface area contributed by atoms with Crippen molar-refractivity contribution in [2.24, 2.45) is 41.4 Å². The molecule has 4 aliphatic carbocycles. The molecular formula is C22H26O2. The fourth-order valence-corrected chi connectivity index (χ4v) is 6.55. The average molecular weight is 322 g/mol. The molecule has 24 heavy (non-hydrogen) atoms. The highest BCUT2D eigenvalue weighted by Gasteiger charge is 2.60. The van der Waals surface area contributed by atoms with Crippen LogP contribution in [0.3, 0.4) is 0 Å². The summed E-state index contributed by atoms with van der Waals surface area (Å²) >= 11 is 0. The summed E-state index contributed by atoms with van der Waals surface area (Å²) in [6.45, 7) is 4.14. The third-order valence-corrected chi connectivity index (χ3v) is 7.55. The first-order valence-corrected chi connectivity index (χ1v) is 9.56. The zero-order valence-electron chi connectivity index (χ0n) is 14.6. The van der Waals surface area contributed by atoms with Crippen molar-refractivity contribution in [1.29, 1.82) is 0 Å². The van der Waals surface area contributed by atoms with E-state index < -0.39 is 0 Å². The van der Waals surface area contributed by atoms with E-state index in [2.05, 4.69) is 26.0 Å². The molecule has 0 heterocycles. The topological polar surface area (TPSA) is 26.3 Å². The summed E-state index contributed by atoms with van der Waals surface area (Å²) in [6.07, 6.45) is 9.57. The van der Waals surface area contributed by atoms with Crippen LogP contribution in [-0.4, -0.2) is 5.97 Å². The van der Waals surface area contributed by atoms with Crippen molar-refractivity contribution in [3.8, 4) is 5.75 Å². The monoisotopic (exact) mass is 322 g/mol. The number of ether oxygens (including phenoxy) is 1. The molecule has 4 bridgehead atoms. The summed E-state index contributed by atoms with van der Waals surface area (Å²) in [5, 5.41) is 0. The third kappa shape index (κ3) is 2.11. The van der Waals surface area contributed by atoms with Crippen LogP contribution in [0.2, 0.25) is 0 Å². The van der Waals surface area contributed by atoms with Crippen LogP contribution in [0.25, 0.3) is 0 Å². The van der Waals surface area contributed by atoms with E-state index in [1.807, 2.05) is 18.2 Å². The van der Waals surface area contributed by atoms with Crippen LogP contribution < -0.4 is 4.74 Å². The lowest BCUT2D eigenvalue weighted by molar-refractivity contribution is -0.136. The van der Waals surface area contributed by atoms with Gasteiger partial charge in [-0.15, -0.1) is 0 Å². The van der Waals surface area contributed by atoms with Crippen LogP contribution >= 0.6 is 0 Å². The molecule has 1 aromatic carbocycles. The lowest BCUT2D eigenvalue weighted by Gasteiger charge is -2.36. The molecule has 0 N–H and O–H groups in total. The minimum Gasteiger partial charge on any atom is -0.427 e. The first-order chi connectivity index (χ1) is 11.6. The van der Waals surface area contributed by atoms with Gasteiger partial charge >= 0.3 is 5.97 Å². The van der Waals surface area contributed by atoms with Gasteiger partial charge in [0.25, 0.3) is 0 Å². The molecule has 3 fully saturated rings. The minimum atomic E-state index is -0.0361. The van der Waals surface area contributed by atoms with Gasteiger partial charge in [0.15, 0.2) is 0 Å². The van der Waals surface area contributed by atoms with Crippen molar-refractivity contribution in [2.75, 3.05) is 0 Å². The van der Waals surface area contributed by atoms with Crippen molar-refractivity contribution in [1.82, 2.24) is 0 Å². The molecule has 0 aliphatic heterocycles. The molecule has 2 nitrogen and oxygen atoms in total. The summed E-state index contributed by atoms with van der Waals surface area (Å²) in [4.78, 5) is 12.5. The lowest BCUT2D eigenvalue weighted by Crippen LogP contribution is -2.32. The number of esters is 1. The summed E-state index contributed by atoms with van der Waals surface area (Å²) in [5.74, 6) is 6.36. The maximum absolute atomic E-state index is 12.5. The van der Waals surface area contributed by atoms with E-state index >= 15 is 0 Å². The highest BCUT2D eigenvalue weighted by Crippen LogP contribution is 2.67. The van der Waals surface area contributed by atoms with Crippen LogP contribution in [0, 0.1) is 55.3 Å². The lowest BCUT2D eigenvalue weighted by atomic mass is 9.69. The molecular weight excluding hydrogens is 296 g/mol. The maximum atomic E-state index is 12.5. The Morgan fingerprint density at radius 3 is 2.62 bits per heavy atom. The summed E-state index contributed by atoms with van der Waals surface area (Å²) in [6, 6.07) is 5.92. The number of benzene rings is 1. The van der Waals surface area contributed by atoms with Gasteiger partial charge in [0, 0.05) is 6.42 Å². The second-order valence-electron chi connectivity index (χ2n) is 8.68. The zero-order chi connectivity index (χ0) is 16.4. The molecule has 1 aromatic rings. The van der Waals surface area contributed by atoms with E-state index in [0.29, 0.717) is 18.1 Å². The number of allylic oxidation sites excluding steroid dienone is 2. The van der Waals surface area contributed by atoms with Gasteiger partial charge < -0.3 is 4.74 Å². The van der Waals surface area contributed by atoms with Crippen LogP contribution in [-0.2, 0) is 4.79 Å². The molecule has 0 radical (unpaired) electrons. The summed E-state index contributed by atoms with van der Waals surface area (Å²) in [5.41, 5.74) is 2.41. The molecule has 4 aliphatic rings. The van der Waals surface area contributed by atoms with Crippen LogP contribution in [0.4, 0.5) is 0 Å². The Balaban J connectivity index is 1.25. The van der Waals surface area contributed by atoms with E-state index in [0.717, 1.165) is 35.5 Å². The molecule has 3 saturated carbocycles. The number of fused-ring (bicyclic) bond motifs is 9. The summed E-state index contributed by atoms with van der Waals surface area (Å²) in [7, 11) is 0. The second-order valence-corrected chi connectivity index (χ2v) is 8.68. The molecule has 126 valence electrons. The van der Waals surface area contributed by atoms with Gasteiger partial charge in [-0.05, 0) is 97.8 Å². The molecule has 7 unspecified atom stereocenters. The van der Waals surface area contributed by atoms with Gasteiger partial charge in [0.1, 0.15) is 5.75 Å². The molecule has 0 aromatic heterocycles. The third-order valence-electron chi connectivity index (χ3n) is 7.55. The van der Waals surface area contributed by atoms with Gasteiger partial charge in [-0.25, -0.2) is 0 Å². The predicted octanol–water partition coefficient (Wildman–Crippen LogP) is 4.69. The number of carbonyl (C=O) groups excluding carboxylic acids is 1. The van der Waals surface area contributed by atoms with Gasteiger partial charge in [-0.3, -0.25) is 4.79 Å². The Bertz CT molecular complexity index is 719. The highest BCUT2D eigenvalue weighted by molar-refractivity contribution is 5.72. The maximum Gasteiger partial charge on any atom is 0.311 e. The standard InChI is InChI=1S/C22H26O2/c1-12-3-6-18(7-13(12)2)24-20(23)11-16-9-17-10-19(16)22-15-5-4-14(8-15)21(17)22/h3-7,14-17,19,21-22H,8-11H2,1-2H3. The van der Waals surface area contributed by atoms with E-state index in [1.165, 1.54) is 30.4 Å². The van der Waals surface area contributed by atoms with E-state index in [-0.39, 0.29) is 5.97 Å². The number of rotatable bonds is 3. The molecule has 0 saturated heterocycles. The number of aryl methyl sites for hydroxylation is 2. The largest absolute Gasteiger partial charge is 0.427 e. The van der Waals surface area contributed by atoms with Crippen LogP contribution in [0.1, 0.15) is 36.8 Å². The molecule has 0 amide bonds. The van der Waals surface area contributed by atoms with Gasteiger partial charge in [-0.2, -0.15) is 0 Å². The predicted molar refractivity (Wildman–Crippen MR) is 93.6 cm³/mol. The Morgan fingerprint density at radius 1 is 1.04 bits per heavy atom. The molecule has 0 spiro atoms. The van der Waals surface area contributed by atoms with Crippen LogP contribution in [0.5, 0.6) is 5.75 Å². The normalized spacial score (nSPS) is 41.0. The average Bonchev–Trinajstić information content (AvgIpc) is 3.28. The molecule has 2 heteroatoms. The van der Waals surface area contributed by atoms with Crippen molar-refractivity contribution in [3.63, 3.8) is 0 Å². The van der Waals surface area contributed by atoms with Crippen molar-refractivity contribution < 1.29 is 9.53 Å². The van der Waals surface area contributed by atoms with Crippen molar-refractivity contribution in [3.05, 3.63) is 41.5 Å². The quantitative estimate of drug-likeness (QED) is 0.349. The Hall–Kier alpha value is -1.57. The molecule has 7 atom stereocenters. The zero-order valence-corrected chi connectivity index (χ0v) is 14.6. The Morgan fingerprint density at radius 2 is 1.83 bits per heavy atom. The van der Waals surface area contributed by atoms with Gasteiger partial charge in [0.2, 0.25) is 0 Å². The highest BCUT2D eigenvalue weighted by atomic mass is 16.5. The van der Waals surface area contributed by atoms with Crippen molar-refractivity contribution in [2.45, 2.75) is 39.5 Å². The second kappa shape index (κ2) is 5.21. The first-order valence-electron chi connectivity index (χ1n) is 9.56. The summed E-state index contributed by atoms with van der Waals surface area (Å²) < 4.78 is 5.64. The number of carbonyl (C=O) groups is 1. The number of hydrogen-bond donors (Lipinski definition) is 0. The Kier molecular flexibility index (Phi) is 3.20. The minimum absolute atomic E-state index is 0.0361. The Labute approximate surface area is 144 Å². The fourth-order valence-electron chi connectivity index (χ4n) is 6.55.